The molecule has 0 aromatic heterocycles. The molecule has 1 aromatic rings. The molecule has 0 fully saturated rings. The minimum atomic E-state index is -1.17. The molecule has 0 aliphatic carbocycles. The van der Waals surface area contributed by atoms with E-state index in [2.05, 4.69) is 10.1 Å². The number of amides is 1. The van der Waals surface area contributed by atoms with Crippen molar-refractivity contribution in [3.05, 3.63) is 30.1 Å². The minimum absolute atomic E-state index is 0.179. The minimum Gasteiger partial charge on any atom is -0.481 e. The van der Waals surface area contributed by atoms with E-state index in [4.69, 9.17) is 9.84 Å². The lowest BCUT2D eigenvalue weighted by Gasteiger charge is -2.16. The Balaban J connectivity index is 2.49. The summed E-state index contributed by atoms with van der Waals surface area (Å²) in [7, 11) is 1.23. The summed E-state index contributed by atoms with van der Waals surface area (Å²) in [5, 5.41) is 11.1. The van der Waals surface area contributed by atoms with E-state index in [1.165, 1.54) is 32.2 Å². The molecule has 1 rings (SSSR count). The molecule has 0 radical (unpaired) electrons. The maximum absolute atomic E-state index is 12.9. The third-order valence-corrected chi connectivity index (χ3v) is 2.50. The molecule has 0 saturated carbocycles. The molecule has 2 unspecified atom stereocenters. The Bertz CT molecular complexity index is 480. The molecule has 1 amide bonds. The Hall–Kier alpha value is -2.15. The molecule has 0 spiro atoms. The Morgan fingerprint density at radius 1 is 1.45 bits per heavy atom. The van der Waals surface area contributed by atoms with Crippen LogP contribution in [0.2, 0.25) is 0 Å². The summed E-state index contributed by atoms with van der Waals surface area (Å²) < 4.78 is 22.9. The van der Waals surface area contributed by atoms with E-state index in [9.17, 15) is 14.0 Å². The number of carboxylic acid groups (broad SMARTS) is 1. The van der Waals surface area contributed by atoms with Gasteiger partial charge in [-0.15, -0.1) is 0 Å². The lowest BCUT2D eigenvalue weighted by molar-refractivity contribution is -0.148. The van der Waals surface area contributed by atoms with Crippen molar-refractivity contribution in [2.45, 2.75) is 19.1 Å². The molecule has 0 saturated heterocycles. The summed E-state index contributed by atoms with van der Waals surface area (Å²) in [6.45, 7) is 1.30. The molecule has 2 N–H and O–H groups in total. The number of ether oxygens (including phenoxy) is 2. The normalized spacial score (nSPS) is 13.3. The molecule has 0 aliphatic rings. The average molecular weight is 285 g/mol. The van der Waals surface area contributed by atoms with Gasteiger partial charge in [0.1, 0.15) is 11.6 Å². The first-order valence-corrected chi connectivity index (χ1v) is 5.89. The molecule has 6 nitrogen and oxygen atoms in total. The van der Waals surface area contributed by atoms with Crippen molar-refractivity contribution in [3.8, 4) is 5.75 Å². The predicted molar refractivity (Wildman–Crippen MR) is 67.9 cm³/mol. The van der Waals surface area contributed by atoms with Crippen LogP contribution in [0.1, 0.15) is 6.92 Å². The van der Waals surface area contributed by atoms with E-state index < -0.39 is 29.9 Å². The van der Waals surface area contributed by atoms with E-state index >= 15 is 0 Å². The molecule has 7 heteroatoms. The summed E-state index contributed by atoms with van der Waals surface area (Å²) in [6, 6.07) is 5.38. The molecule has 20 heavy (non-hydrogen) atoms. The van der Waals surface area contributed by atoms with Gasteiger partial charge >= 0.3 is 5.97 Å². The molecular weight excluding hydrogens is 269 g/mol. The molecule has 0 bridgehead atoms. The Morgan fingerprint density at radius 3 is 2.70 bits per heavy atom. The Morgan fingerprint density at radius 2 is 2.15 bits per heavy atom. The zero-order chi connectivity index (χ0) is 15.1. The van der Waals surface area contributed by atoms with Crippen LogP contribution in [0.4, 0.5) is 4.39 Å². The van der Waals surface area contributed by atoms with Gasteiger partial charge in [-0.3, -0.25) is 4.79 Å². The number of carboxylic acids is 1. The highest BCUT2D eigenvalue weighted by molar-refractivity contribution is 5.81. The van der Waals surface area contributed by atoms with Crippen molar-refractivity contribution in [2.24, 2.45) is 0 Å². The number of hydrogen-bond acceptors (Lipinski definition) is 4. The smallest absolute Gasteiger partial charge is 0.334 e. The fourth-order valence-electron chi connectivity index (χ4n) is 1.41. The van der Waals surface area contributed by atoms with Crippen LogP contribution in [0.5, 0.6) is 5.75 Å². The van der Waals surface area contributed by atoms with Crippen LogP contribution in [-0.4, -0.2) is 42.8 Å². The van der Waals surface area contributed by atoms with Crippen molar-refractivity contribution in [3.63, 3.8) is 0 Å². The number of carbonyl (C=O) groups excluding carboxylic acids is 1. The highest BCUT2D eigenvalue weighted by Gasteiger charge is 2.20. The van der Waals surface area contributed by atoms with Crippen molar-refractivity contribution in [1.29, 1.82) is 0 Å². The van der Waals surface area contributed by atoms with Crippen molar-refractivity contribution in [2.75, 3.05) is 13.7 Å². The van der Waals surface area contributed by atoms with Crippen molar-refractivity contribution < 1.29 is 28.6 Å². The summed E-state index contributed by atoms with van der Waals surface area (Å²) in [6.07, 6.45) is -2.01. The van der Waals surface area contributed by atoms with Crippen LogP contribution in [0.3, 0.4) is 0 Å². The van der Waals surface area contributed by atoms with Crippen molar-refractivity contribution >= 4 is 11.9 Å². The van der Waals surface area contributed by atoms with Gasteiger partial charge in [-0.25, -0.2) is 9.18 Å². The SMILES string of the molecule is COC(CNC(=O)C(C)Oc1cccc(F)c1)C(=O)O. The van der Waals surface area contributed by atoms with E-state index in [1.807, 2.05) is 0 Å². The van der Waals surface area contributed by atoms with E-state index in [0.29, 0.717) is 0 Å². The van der Waals surface area contributed by atoms with Crippen LogP contribution in [0.25, 0.3) is 0 Å². The summed E-state index contributed by atoms with van der Waals surface area (Å²) in [5.74, 6) is -1.95. The Kier molecular flexibility index (Phi) is 5.92. The quantitative estimate of drug-likeness (QED) is 0.774. The van der Waals surface area contributed by atoms with Crippen LogP contribution in [0.15, 0.2) is 24.3 Å². The lowest BCUT2D eigenvalue weighted by Crippen LogP contribution is -2.43. The van der Waals surface area contributed by atoms with E-state index in [0.717, 1.165) is 6.07 Å². The molecule has 2 atom stereocenters. The third-order valence-electron chi connectivity index (χ3n) is 2.50. The third kappa shape index (κ3) is 4.85. The van der Waals surface area contributed by atoms with Crippen LogP contribution < -0.4 is 10.1 Å². The number of aliphatic carboxylic acids is 1. The lowest BCUT2D eigenvalue weighted by atomic mass is 10.3. The molecule has 0 heterocycles. The van der Waals surface area contributed by atoms with Gasteiger partial charge in [-0.05, 0) is 19.1 Å². The highest BCUT2D eigenvalue weighted by atomic mass is 19.1. The van der Waals surface area contributed by atoms with Gasteiger partial charge in [0.2, 0.25) is 0 Å². The summed E-state index contributed by atoms with van der Waals surface area (Å²) in [5.41, 5.74) is 0. The van der Waals surface area contributed by atoms with Gasteiger partial charge in [-0.2, -0.15) is 0 Å². The fraction of sp³-hybridized carbons (Fsp3) is 0.385. The van der Waals surface area contributed by atoms with Crippen LogP contribution >= 0.6 is 0 Å². The van der Waals surface area contributed by atoms with Crippen molar-refractivity contribution in [1.82, 2.24) is 5.32 Å². The first kappa shape index (κ1) is 15.9. The maximum atomic E-state index is 12.9. The number of rotatable bonds is 7. The summed E-state index contributed by atoms with van der Waals surface area (Å²) >= 11 is 0. The first-order valence-electron chi connectivity index (χ1n) is 5.89. The number of benzene rings is 1. The number of carbonyl (C=O) groups is 2. The number of halogens is 1. The second-order valence-corrected chi connectivity index (χ2v) is 4.03. The number of methoxy groups -OCH3 is 1. The molecule has 1 aromatic carbocycles. The second kappa shape index (κ2) is 7.44. The van der Waals surface area contributed by atoms with E-state index in [1.54, 1.807) is 0 Å². The predicted octanol–water partition coefficient (Wildman–Crippen LogP) is 0.809. The van der Waals surface area contributed by atoms with E-state index in [-0.39, 0.29) is 12.3 Å². The topological polar surface area (TPSA) is 84.9 Å². The zero-order valence-corrected chi connectivity index (χ0v) is 11.1. The fourth-order valence-corrected chi connectivity index (χ4v) is 1.41. The molecular formula is C13H16FNO5. The van der Waals surface area contributed by atoms with Gasteiger partial charge < -0.3 is 19.9 Å². The van der Waals surface area contributed by atoms with Gasteiger partial charge in [0.05, 0.1) is 6.54 Å². The van der Waals surface area contributed by atoms with Gasteiger partial charge in [0.25, 0.3) is 5.91 Å². The number of hydrogen-bond donors (Lipinski definition) is 2. The van der Waals surface area contributed by atoms with Gasteiger partial charge in [0, 0.05) is 13.2 Å². The molecule has 110 valence electrons. The second-order valence-electron chi connectivity index (χ2n) is 4.03. The van der Waals surface area contributed by atoms with Crippen LogP contribution in [-0.2, 0) is 14.3 Å². The largest absolute Gasteiger partial charge is 0.481 e. The molecule has 0 aliphatic heterocycles. The van der Waals surface area contributed by atoms with Gasteiger partial charge in [-0.1, -0.05) is 6.07 Å². The standard InChI is InChI=1S/C13H16FNO5/c1-8(20-10-5-3-4-9(14)6-10)12(16)15-7-11(19-2)13(17)18/h3-6,8,11H,7H2,1-2H3,(H,15,16)(H,17,18). The van der Waals surface area contributed by atoms with Crippen LogP contribution in [0, 0.1) is 5.82 Å². The monoisotopic (exact) mass is 285 g/mol. The van der Waals surface area contributed by atoms with Gasteiger partial charge in [0.15, 0.2) is 12.2 Å². The average Bonchev–Trinajstić information content (AvgIpc) is 2.38. The first-order chi connectivity index (χ1) is 9.43. The summed E-state index contributed by atoms with van der Waals surface area (Å²) in [4.78, 5) is 22.4. The number of nitrogens with one attached hydrogen (secondary N) is 1. The Labute approximate surface area is 115 Å². The highest BCUT2D eigenvalue weighted by Crippen LogP contribution is 2.13. The maximum Gasteiger partial charge on any atom is 0.334 e. The zero-order valence-electron chi connectivity index (χ0n) is 11.1.